The van der Waals surface area contributed by atoms with Crippen LogP contribution in [0.4, 0.5) is 0 Å². The molecule has 0 atom stereocenters. The Morgan fingerprint density at radius 3 is 1.75 bits per heavy atom. The van der Waals surface area contributed by atoms with Gasteiger partial charge in [0.15, 0.2) is 0 Å². The molecule has 0 unspecified atom stereocenters. The van der Waals surface area contributed by atoms with Gasteiger partial charge in [0.25, 0.3) is 0 Å². The fourth-order valence-corrected chi connectivity index (χ4v) is 1.57. The van der Waals surface area contributed by atoms with Gasteiger partial charge >= 0.3 is 5.91 Å². The van der Waals surface area contributed by atoms with Gasteiger partial charge in [-0.25, -0.2) is 4.79 Å². The van der Waals surface area contributed by atoms with E-state index in [1.165, 1.54) is 38.5 Å². The summed E-state index contributed by atoms with van der Waals surface area (Å²) in [7, 11) is 5.84. The summed E-state index contributed by atoms with van der Waals surface area (Å²) in [5.41, 5.74) is 0. The van der Waals surface area contributed by atoms with E-state index in [0.717, 1.165) is 12.8 Å². The topological polar surface area (TPSA) is 17.1 Å². The minimum absolute atomic E-state index is 0. The first-order chi connectivity index (χ1) is 6.98. The molecule has 0 heterocycles. The first kappa shape index (κ1) is 18.3. The van der Waals surface area contributed by atoms with Crippen molar-refractivity contribution in [1.82, 2.24) is 0 Å². The van der Waals surface area contributed by atoms with Crippen molar-refractivity contribution < 1.29 is 21.7 Å². The Bertz CT molecular complexity index is 175. The van der Waals surface area contributed by atoms with Crippen LogP contribution < -0.4 is 12.4 Å². The predicted octanol–water partition coefficient (Wildman–Crippen LogP) is 0.364. The molecule has 0 radical (unpaired) electrons. The summed E-state index contributed by atoms with van der Waals surface area (Å²) < 4.78 is 0.468. The highest BCUT2D eigenvalue weighted by molar-refractivity contribution is 5.68. The number of carbonyl (C=O) groups is 1. The van der Waals surface area contributed by atoms with Crippen LogP contribution in [0.1, 0.15) is 58.3 Å². The molecule has 0 N–H and O–H groups in total. The lowest BCUT2D eigenvalue weighted by atomic mass is 10.1. The van der Waals surface area contributed by atoms with Crippen LogP contribution in [0.5, 0.6) is 0 Å². The van der Waals surface area contributed by atoms with Gasteiger partial charge in [0.1, 0.15) is 0 Å². The van der Waals surface area contributed by atoms with E-state index in [-0.39, 0.29) is 12.4 Å². The summed E-state index contributed by atoms with van der Waals surface area (Å²) in [4.78, 5) is 11.6. The third-order valence-corrected chi connectivity index (χ3v) is 2.74. The molecule has 0 aromatic carbocycles. The van der Waals surface area contributed by atoms with Crippen LogP contribution in [0.25, 0.3) is 0 Å². The molecule has 98 valence electrons. The number of carbonyl (C=O) groups excluding carboxylic acids is 1. The summed E-state index contributed by atoms with van der Waals surface area (Å²) in [6.45, 7) is 2.24. The molecule has 16 heavy (non-hydrogen) atoms. The largest absolute Gasteiger partial charge is 1.00 e. The number of rotatable bonds is 8. The van der Waals surface area contributed by atoms with E-state index in [2.05, 4.69) is 6.92 Å². The van der Waals surface area contributed by atoms with Crippen molar-refractivity contribution in [3.63, 3.8) is 0 Å². The average molecular weight is 250 g/mol. The van der Waals surface area contributed by atoms with Crippen LogP contribution in [0, 0.1) is 0 Å². The van der Waals surface area contributed by atoms with Gasteiger partial charge in [-0.05, 0) is 6.42 Å². The van der Waals surface area contributed by atoms with Crippen LogP contribution in [0.2, 0.25) is 0 Å². The lowest BCUT2D eigenvalue weighted by Crippen LogP contribution is -3.00. The second-order valence-corrected chi connectivity index (χ2v) is 5.28. The molecule has 0 saturated heterocycles. The summed E-state index contributed by atoms with van der Waals surface area (Å²) in [6, 6.07) is 0. The summed E-state index contributed by atoms with van der Waals surface area (Å²) in [6.07, 6.45) is 9.70. The summed E-state index contributed by atoms with van der Waals surface area (Å²) in [5, 5.41) is 0. The molecule has 0 aromatic heterocycles. The zero-order valence-electron chi connectivity index (χ0n) is 11.4. The van der Waals surface area contributed by atoms with E-state index in [0.29, 0.717) is 10.4 Å². The number of hydrogen-bond acceptors (Lipinski definition) is 1. The van der Waals surface area contributed by atoms with Gasteiger partial charge in [-0.15, -0.1) is 0 Å². The fourth-order valence-electron chi connectivity index (χ4n) is 1.57. The fraction of sp³-hybridized carbons (Fsp3) is 0.923. The zero-order valence-corrected chi connectivity index (χ0v) is 12.1. The number of hydrogen-bond donors (Lipinski definition) is 0. The van der Waals surface area contributed by atoms with Gasteiger partial charge in [-0.3, -0.25) is 4.48 Å². The van der Waals surface area contributed by atoms with E-state index in [1.807, 2.05) is 21.1 Å². The number of nitrogens with zero attached hydrogens (tertiary/aromatic N) is 1. The lowest BCUT2D eigenvalue weighted by Gasteiger charge is -2.20. The van der Waals surface area contributed by atoms with E-state index < -0.39 is 0 Å². The molecule has 0 rings (SSSR count). The smallest absolute Gasteiger partial charge is 0.313 e. The standard InChI is InChI=1S/C13H28NO.ClH/c1-5-6-7-8-9-10-11-12-13(15)14(2,3)4;/h5-12H2,1-4H3;1H/q+1;/p-1. The van der Waals surface area contributed by atoms with E-state index in [4.69, 9.17) is 0 Å². The first-order valence-corrected chi connectivity index (χ1v) is 6.33. The number of amides is 1. The lowest BCUT2D eigenvalue weighted by molar-refractivity contribution is -0.792. The van der Waals surface area contributed by atoms with Crippen molar-refractivity contribution in [2.75, 3.05) is 21.1 Å². The quantitative estimate of drug-likeness (QED) is 0.449. The van der Waals surface area contributed by atoms with Crippen molar-refractivity contribution in [2.45, 2.75) is 58.3 Å². The van der Waals surface area contributed by atoms with Crippen LogP contribution in [0.3, 0.4) is 0 Å². The maximum Gasteiger partial charge on any atom is 0.313 e. The van der Waals surface area contributed by atoms with E-state index >= 15 is 0 Å². The molecule has 0 fully saturated rings. The number of unbranched alkanes of at least 4 members (excludes halogenated alkanes) is 6. The predicted molar refractivity (Wildman–Crippen MR) is 65.6 cm³/mol. The minimum atomic E-state index is 0. The van der Waals surface area contributed by atoms with Gasteiger partial charge < -0.3 is 12.4 Å². The third kappa shape index (κ3) is 10.4. The Morgan fingerprint density at radius 2 is 1.31 bits per heavy atom. The first-order valence-electron chi connectivity index (χ1n) is 6.33. The Morgan fingerprint density at radius 1 is 0.875 bits per heavy atom. The highest BCUT2D eigenvalue weighted by Crippen LogP contribution is 2.09. The zero-order chi connectivity index (χ0) is 11.7. The molecule has 2 nitrogen and oxygen atoms in total. The Balaban J connectivity index is 0. The number of quaternary nitrogens is 1. The molecule has 0 aliphatic rings. The third-order valence-electron chi connectivity index (χ3n) is 2.74. The highest BCUT2D eigenvalue weighted by atomic mass is 35.5. The van der Waals surface area contributed by atoms with Gasteiger partial charge in [0.05, 0.1) is 27.6 Å². The van der Waals surface area contributed by atoms with Crippen molar-refractivity contribution >= 4 is 5.91 Å². The molecule has 0 saturated carbocycles. The maximum atomic E-state index is 11.6. The normalized spacial score (nSPS) is 11.0. The van der Waals surface area contributed by atoms with Crippen molar-refractivity contribution in [1.29, 1.82) is 0 Å². The monoisotopic (exact) mass is 249 g/mol. The molecule has 0 aliphatic heterocycles. The molecule has 0 spiro atoms. The van der Waals surface area contributed by atoms with Crippen molar-refractivity contribution in [2.24, 2.45) is 0 Å². The Labute approximate surface area is 107 Å². The van der Waals surface area contributed by atoms with Gasteiger partial charge in [-0.2, -0.15) is 0 Å². The molecule has 3 heteroatoms. The van der Waals surface area contributed by atoms with Crippen molar-refractivity contribution in [3.8, 4) is 0 Å². The second-order valence-electron chi connectivity index (χ2n) is 5.28. The van der Waals surface area contributed by atoms with Crippen LogP contribution in [0.15, 0.2) is 0 Å². The average Bonchev–Trinajstić information content (AvgIpc) is 2.14. The summed E-state index contributed by atoms with van der Waals surface area (Å²) >= 11 is 0. The molecular formula is C13H28ClNO. The van der Waals surface area contributed by atoms with Crippen LogP contribution >= 0.6 is 0 Å². The van der Waals surface area contributed by atoms with E-state index in [1.54, 1.807) is 0 Å². The number of halogens is 1. The Kier molecular flexibility index (Phi) is 11.5. The summed E-state index contributed by atoms with van der Waals surface area (Å²) in [5.74, 6) is 0.351. The van der Waals surface area contributed by atoms with Gasteiger partial charge in [0, 0.05) is 0 Å². The Hall–Kier alpha value is -0.0800. The molecule has 0 aliphatic carbocycles. The molecule has 0 aromatic rings. The molecular weight excluding hydrogens is 222 g/mol. The van der Waals surface area contributed by atoms with Gasteiger partial charge in [-0.1, -0.05) is 45.4 Å². The van der Waals surface area contributed by atoms with Gasteiger partial charge in [0.2, 0.25) is 0 Å². The van der Waals surface area contributed by atoms with Crippen molar-refractivity contribution in [3.05, 3.63) is 0 Å². The van der Waals surface area contributed by atoms with E-state index in [9.17, 15) is 4.79 Å². The molecule has 1 amide bonds. The minimum Gasteiger partial charge on any atom is -1.00 e. The van der Waals surface area contributed by atoms with Crippen LogP contribution in [-0.2, 0) is 4.79 Å². The SMILES string of the molecule is CCCCCCCCCC(=O)[N+](C)(C)C.[Cl-]. The van der Waals surface area contributed by atoms with Crippen LogP contribution in [-0.4, -0.2) is 31.5 Å². The highest BCUT2D eigenvalue weighted by Gasteiger charge is 2.18. The molecule has 0 bridgehead atoms. The second kappa shape index (κ2) is 10.1. The maximum absolute atomic E-state index is 11.6.